The van der Waals surface area contributed by atoms with Crippen LogP contribution in [0.1, 0.15) is 38.5 Å². The molecule has 0 aromatic carbocycles. The van der Waals surface area contributed by atoms with Gasteiger partial charge in [0.25, 0.3) is 0 Å². The van der Waals surface area contributed by atoms with Crippen molar-refractivity contribution in [1.29, 1.82) is 0 Å². The van der Waals surface area contributed by atoms with Crippen molar-refractivity contribution in [2.24, 2.45) is 5.73 Å². The summed E-state index contributed by atoms with van der Waals surface area (Å²) in [6.07, 6.45) is 7.84. The molecule has 2 nitrogen and oxygen atoms in total. The van der Waals surface area contributed by atoms with Gasteiger partial charge in [-0.3, -0.25) is 0 Å². The Kier molecular flexibility index (Phi) is 3.38. The summed E-state index contributed by atoms with van der Waals surface area (Å²) in [4.78, 5) is 0. The largest absolute Gasteiger partial charge is 0.328 e. The number of hydrogen-bond donors (Lipinski definition) is 2. The Bertz CT molecular complexity index is 133. The second-order valence-electron chi connectivity index (χ2n) is 4.15. The van der Waals surface area contributed by atoms with Crippen LogP contribution in [-0.2, 0) is 0 Å². The number of halogens is 1. The molecule has 1 aliphatic heterocycles. The molecule has 0 aromatic heterocycles. The van der Waals surface area contributed by atoms with Gasteiger partial charge in [0.1, 0.15) is 0 Å². The lowest BCUT2D eigenvalue weighted by atomic mass is 9.79. The van der Waals surface area contributed by atoms with E-state index in [0.717, 1.165) is 0 Å². The third-order valence-corrected chi connectivity index (χ3v) is 3.32. The Morgan fingerprint density at radius 3 is 2.33 bits per heavy atom. The molecule has 0 unspecified atom stereocenters. The molecule has 3 heteroatoms. The Balaban J connectivity index is 0.000000720. The van der Waals surface area contributed by atoms with E-state index in [0.29, 0.717) is 11.6 Å². The number of nitrogens with one attached hydrogen (secondary N) is 1. The molecule has 0 atom stereocenters. The fourth-order valence-electron chi connectivity index (χ4n) is 2.49. The van der Waals surface area contributed by atoms with E-state index in [-0.39, 0.29) is 12.4 Å². The van der Waals surface area contributed by atoms with E-state index >= 15 is 0 Å². The molecular weight excluding hydrogens is 172 g/mol. The zero-order valence-electron chi connectivity index (χ0n) is 7.51. The maximum atomic E-state index is 5.86. The minimum atomic E-state index is 0. The van der Waals surface area contributed by atoms with Gasteiger partial charge in [-0.15, -0.1) is 12.4 Å². The smallest absolute Gasteiger partial charge is 0.0183 e. The van der Waals surface area contributed by atoms with Crippen molar-refractivity contribution in [2.45, 2.75) is 50.1 Å². The average Bonchev–Trinajstić information content (AvgIpc) is 2.45. The lowest BCUT2D eigenvalue weighted by Crippen LogP contribution is -2.45. The molecule has 2 rings (SSSR count). The van der Waals surface area contributed by atoms with Gasteiger partial charge in [-0.2, -0.15) is 0 Å². The van der Waals surface area contributed by atoms with Crippen LogP contribution in [0.3, 0.4) is 0 Å². The normalized spacial score (nSPS) is 41.2. The molecule has 3 N–H and O–H groups in total. The van der Waals surface area contributed by atoms with Crippen LogP contribution in [0, 0.1) is 0 Å². The van der Waals surface area contributed by atoms with E-state index in [1.165, 1.54) is 45.1 Å². The van der Waals surface area contributed by atoms with Gasteiger partial charge in [-0.1, -0.05) is 0 Å². The average molecular weight is 191 g/mol. The van der Waals surface area contributed by atoms with Crippen LogP contribution in [0.15, 0.2) is 0 Å². The predicted molar refractivity (Wildman–Crippen MR) is 53.7 cm³/mol. The second kappa shape index (κ2) is 3.95. The SMILES string of the molecule is Cl.NC1CCC2(CCCN2)CC1. The highest BCUT2D eigenvalue weighted by Gasteiger charge is 2.36. The van der Waals surface area contributed by atoms with Crippen LogP contribution in [0.5, 0.6) is 0 Å². The van der Waals surface area contributed by atoms with Crippen molar-refractivity contribution < 1.29 is 0 Å². The van der Waals surface area contributed by atoms with E-state index in [2.05, 4.69) is 5.32 Å². The lowest BCUT2D eigenvalue weighted by Gasteiger charge is -2.36. The van der Waals surface area contributed by atoms with Gasteiger partial charge in [-0.05, 0) is 45.1 Å². The summed E-state index contributed by atoms with van der Waals surface area (Å²) in [5.41, 5.74) is 6.38. The summed E-state index contributed by atoms with van der Waals surface area (Å²) < 4.78 is 0. The molecule has 0 bridgehead atoms. The summed E-state index contributed by atoms with van der Waals surface area (Å²) in [5, 5.41) is 3.64. The fourth-order valence-corrected chi connectivity index (χ4v) is 2.49. The zero-order chi connectivity index (χ0) is 7.73. The highest BCUT2D eigenvalue weighted by atomic mass is 35.5. The first kappa shape index (κ1) is 10.3. The molecule has 12 heavy (non-hydrogen) atoms. The van der Waals surface area contributed by atoms with Gasteiger partial charge in [-0.25, -0.2) is 0 Å². The summed E-state index contributed by atoms with van der Waals surface area (Å²) in [7, 11) is 0. The van der Waals surface area contributed by atoms with Gasteiger partial charge >= 0.3 is 0 Å². The van der Waals surface area contributed by atoms with Crippen LogP contribution in [0.4, 0.5) is 0 Å². The predicted octanol–water partition coefficient (Wildman–Crippen LogP) is 1.43. The summed E-state index contributed by atoms with van der Waals surface area (Å²) in [5.74, 6) is 0. The molecule has 2 aliphatic rings. The fraction of sp³-hybridized carbons (Fsp3) is 1.00. The number of rotatable bonds is 0. The van der Waals surface area contributed by atoms with Gasteiger partial charge in [0.05, 0.1) is 0 Å². The van der Waals surface area contributed by atoms with Crippen LogP contribution in [0.2, 0.25) is 0 Å². The topological polar surface area (TPSA) is 38.0 Å². The minimum Gasteiger partial charge on any atom is -0.328 e. The summed E-state index contributed by atoms with van der Waals surface area (Å²) in [6.45, 7) is 1.23. The van der Waals surface area contributed by atoms with E-state index < -0.39 is 0 Å². The van der Waals surface area contributed by atoms with Gasteiger partial charge in [0, 0.05) is 11.6 Å². The first-order valence-electron chi connectivity index (χ1n) is 4.81. The first-order chi connectivity index (χ1) is 5.31. The number of hydrogen-bond acceptors (Lipinski definition) is 2. The summed E-state index contributed by atoms with van der Waals surface area (Å²) >= 11 is 0. The molecule has 1 saturated heterocycles. The van der Waals surface area contributed by atoms with Crippen molar-refractivity contribution >= 4 is 12.4 Å². The molecular formula is C9H19ClN2. The Morgan fingerprint density at radius 2 is 1.83 bits per heavy atom. The molecule has 72 valence electrons. The Hall–Kier alpha value is 0.210. The molecule has 0 amide bonds. The highest BCUT2D eigenvalue weighted by Crippen LogP contribution is 2.34. The van der Waals surface area contributed by atoms with Crippen molar-refractivity contribution in [1.82, 2.24) is 5.32 Å². The molecule has 1 heterocycles. The minimum absolute atomic E-state index is 0. The summed E-state index contributed by atoms with van der Waals surface area (Å²) in [6, 6.07) is 0.489. The molecule has 0 radical (unpaired) electrons. The first-order valence-corrected chi connectivity index (χ1v) is 4.81. The lowest BCUT2D eigenvalue weighted by molar-refractivity contribution is 0.245. The number of nitrogens with two attached hydrogens (primary N) is 1. The van der Waals surface area contributed by atoms with E-state index in [4.69, 9.17) is 5.73 Å². The molecule has 0 aromatic rings. The second-order valence-corrected chi connectivity index (χ2v) is 4.15. The maximum Gasteiger partial charge on any atom is 0.0183 e. The van der Waals surface area contributed by atoms with Crippen molar-refractivity contribution in [3.05, 3.63) is 0 Å². The standard InChI is InChI=1S/C9H18N2.ClH/c10-8-2-5-9(6-3-8)4-1-7-11-9;/h8,11H,1-7,10H2;1H. The van der Waals surface area contributed by atoms with E-state index in [1.807, 2.05) is 0 Å². The Morgan fingerprint density at radius 1 is 1.17 bits per heavy atom. The molecule has 1 spiro atoms. The van der Waals surface area contributed by atoms with Gasteiger partial charge in [0.15, 0.2) is 0 Å². The Labute approximate surface area is 80.7 Å². The van der Waals surface area contributed by atoms with Crippen LogP contribution in [0.25, 0.3) is 0 Å². The van der Waals surface area contributed by atoms with Crippen LogP contribution < -0.4 is 11.1 Å². The van der Waals surface area contributed by atoms with Gasteiger partial charge in [0.2, 0.25) is 0 Å². The van der Waals surface area contributed by atoms with Crippen molar-refractivity contribution in [3.8, 4) is 0 Å². The molecule has 1 aliphatic carbocycles. The maximum absolute atomic E-state index is 5.86. The molecule has 1 saturated carbocycles. The monoisotopic (exact) mass is 190 g/mol. The van der Waals surface area contributed by atoms with E-state index in [9.17, 15) is 0 Å². The zero-order valence-corrected chi connectivity index (χ0v) is 8.33. The van der Waals surface area contributed by atoms with Crippen LogP contribution in [-0.4, -0.2) is 18.1 Å². The molecule has 2 fully saturated rings. The highest BCUT2D eigenvalue weighted by molar-refractivity contribution is 5.85. The quantitative estimate of drug-likeness (QED) is 0.607. The van der Waals surface area contributed by atoms with Crippen molar-refractivity contribution in [2.75, 3.05) is 6.54 Å². The van der Waals surface area contributed by atoms with Crippen molar-refractivity contribution in [3.63, 3.8) is 0 Å². The third kappa shape index (κ3) is 1.93. The van der Waals surface area contributed by atoms with Gasteiger partial charge < -0.3 is 11.1 Å². The van der Waals surface area contributed by atoms with E-state index in [1.54, 1.807) is 0 Å². The van der Waals surface area contributed by atoms with Crippen LogP contribution >= 0.6 is 12.4 Å². The third-order valence-electron chi connectivity index (χ3n) is 3.32.